The van der Waals surface area contributed by atoms with Crippen molar-refractivity contribution in [1.82, 2.24) is 5.32 Å². The number of hydrogen-bond donors (Lipinski definition) is 2. The van der Waals surface area contributed by atoms with E-state index in [1.807, 2.05) is 12.1 Å². The van der Waals surface area contributed by atoms with Crippen LogP contribution in [0.5, 0.6) is 11.5 Å². The average Bonchev–Trinajstić information content (AvgIpc) is 2.81. The highest BCUT2D eigenvalue weighted by molar-refractivity contribution is 5.43. The lowest BCUT2D eigenvalue weighted by atomic mass is 9.92. The minimum absolute atomic E-state index is 0.0433. The molecule has 2 fully saturated rings. The summed E-state index contributed by atoms with van der Waals surface area (Å²) in [6.45, 7) is 6.97. The summed E-state index contributed by atoms with van der Waals surface area (Å²) in [4.78, 5) is 0. The highest BCUT2D eigenvalue weighted by atomic mass is 16.5. The van der Waals surface area contributed by atoms with Crippen molar-refractivity contribution in [3.8, 4) is 11.5 Å². The van der Waals surface area contributed by atoms with E-state index >= 15 is 0 Å². The van der Waals surface area contributed by atoms with Crippen LogP contribution in [-0.2, 0) is 4.74 Å². The van der Waals surface area contributed by atoms with E-state index in [0.717, 1.165) is 38.1 Å². The quantitative estimate of drug-likeness (QED) is 0.899. The molecule has 0 amide bonds. The van der Waals surface area contributed by atoms with Gasteiger partial charge in [0.15, 0.2) is 11.5 Å². The van der Waals surface area contributed by atoms with Crippen molar-refractivity contribution >= 4 is 0 Å². The maximum atomic E-state index is 10.0. The second kappa shape index (κ2) is 5.85. The van der Waals surface area contributed by atoms with Crippen LogP contribution in [0.1, 0.15) is 44.8 Å². The predicted octanol–water partition coefficient (Wildman–Crippen LogP) is 3.01. The summed E-state index contributed by atoms with van der Waals surface area (Å²) in [5.74, 6) is 0.802. The Kier molecular flexibility index (Phi) is 4.09. The summed E-state index contributed by atoms with van der Waals surface area (Å²) >= 11 is 0. The van der Waals surface area contributed by atoms with Gasteiger partial charge < -0.3 is 19.9 Å². The van der Waals surface area contributed by atoms with E-state index in [-0.39, 0.29) is 18.0 Å². The van der Waals surface area contributed by atoms with Crippen molar-refractivity contribution in [2.75, 3.05) is 19.7 Å². The first-order chi connectivity index (χ1) is 10.0. The zero-order valence-electron chi connectivity index (χ0n) is 12.9. The number of phenols is 1. The Hall–Kier alpha value is -1.26. The van der Waals surface area contributed by atoms with Crippen LogP contribution in [0.25, 0.3) is 0 Å². The molecule has 1 aromatic rings. The fraction of sp³-hybridized carbons (Fsp3) is 0.647. The summed E-state index contributed by atoms with van der Waals surface area (Å²) in [5, 5.41) is 13.4. The Morgan fingerprint density at radius 2 is 2.24 bits per heavy atom. The average molecular weight is 291 g/mol. The lowest BCUT2D eigenvalue weighted by Crippen LogP contribution is -2.33. The molecular weight excluding hydrogens is 266 g/mol. The van der Waals surface area contributed by atoms with Crippen LogP contribution in [0.3, 0.4) is 0 Å². The summed E-state index contributed by atoms with van der Waals surface area (Å²) < 4.78 is 11.8. The molecule has 1 aliphatic heterocycles. The van der Waals surface area contributed by atoms with E-state index < -0.39 is 0 Å². The van der Waals surface area contributed by atoms with Crippen LogP contribution in [0.4, 0.5) is 0 Å². The van der Waals surface area contributed by atoms with Crippen LogP contribution in [-0.4, -0.2) is 30.9 Å². The molecule has 3 rings (SSSR count). The standard InChI is InChI=1S/C17H25NO3/c1-17(2)6-5-13(10-17)21-15-9-12(3-4-14(15)19)16-11-18-7-8-20-16/h3-4,9,13,16,18-19H,5-8,10-11H2,1-2H3. The van der Waals surface area contributed by atoms with Crippen LogP contribution >= 0.6 is 0 Å². The van der Waals surface area contributed by atoms with Gasteiger partial charge in [0.05, 0.1) is 18.8 Å². The SMILES string of the molecule is CC1(C)CCC(Oc2cc(C3CNCCO3)ccc2O)C1. The molecular formula is C17H25NO3. The summed E-state index contributed by atoms with van der Waals surface area (Å²) in [6, 6.07) is 5.56. The van der Waals surface area contributed by atoms with Crippen molar-refractivity contribution in [1.29, 1.82) is 0 Å². The molecule has 0 aromatic heterocycles. The smallest absolute Gasteiger partial charge is 0.161 e. The maximum Gasteiger partial charge on any atom is 0.161 e. The fourth-order valence-electron chi connectivity index (χ4n) is 3.26. The van der Waals surface area contributed by atoms with Gasteiger partial charge in [0.1, 0.15) is 0 Å². The monoisotopic (exact) mass is 291 g/mol. The number of rotatable bonds is 3. The van der Waals surface area contributed by atoms with Crippen LogP contribution in [0.2, 0.25) is 0 Å². The molecule has 1 aromatic carbocycles. The molecule has 4 nitrogen and oxygen atoms in total. The Balaban J connectivity index is 1.72. The summed E-state index contributed by atoms with van der Waals surface area (Å²) in [7, 11) is 0. The molecule has 4 heteroatoms. The molecule has 2 unspecified atom stereocenters. The van der Waals surface area contributed by atoms with Crippen molar-refractivity contribution < 1.29 is 14.6 Å². The van der Waals surface area contributed by atoms with E-state index in [9.17, 15) is 5.11 Å². The zero-order chi connectivity index (χ0) is 14.9. The highest BCUT2D eigenvalue weighted by Gasteiger charge is 2.32. The summed E-state index contributed by atoms with van der Waals surface area (Å²) in [6.07, 6.45) is 3.51. The molecule has 2 N–H and O–H groups in total. The molecule has 0 bridgehead atoms. The Morgan fingerprint density at radius 3 is 2.90 bits per heavy atom. The second-order valence-corrected chi connectivity index (χ2v) is 6.94. The third kappa shape index (κ3) is 3.50. The van der Waals surface area contributed by atoms with Gasteiger partial charge in [-0.1, -0.05) is 19.9 Å². The van der Waals surface area contributed by atoms with Crippen molar-refractivity contribution in [3.05, 3.63) is 23.8 Å². The predicted molar refractivity (Wildman–Crippen MR) is 81.7 cm³/mol. The summed E-state index contributed by atoms with van der Waals surface area (Å²) in [5.41, 5.74) is 1.40. The third-order valence-corrected chi connectivity index (χ3v) is 4.50. The molecule has 1 saturated heterocycles. The number of phenolic OH excluding ortho intramolecular Hbond substituents is 1. The maximum absolute atomic E-state index is 10.0. The van der Waals surface area contributed by atoms with Crippen LogP contribution in [0.15, 0.2) is 18.2 Å². The minimum atomic E-state index is 0.0433. The number of nitrogens with one attached hydrogen (secondary N) is 1. The van der Waals surface area contributed by atoms with Gasteiger partial charge in [-0.2, -0.15) is 0 Å². The van der Waals surface area contributed by atoms with E-state index in [0.29, 0.717) is 11.2 Å². The molecule has 1 saturated carbocycles. The normalized spacial score (nSPS) is 28.5. The Morgan fingerprint density at radius 1 is 1.38 bits per heavy atom. The van der Waals surface area contributed by atoms with Crippen molar-refractivity contribution in [2.24, 2.45) is 5.41 Å². The van der Waals surface area contributed by atoms with Crippen LogP contribution in [0, 0.1) is 5.41 Å². The molecule has 116 valence electrons. The first-order valence-corrected chi connectivity index (χ1v) is 7.85. The molecule has 2 aliphatic rings. The fourth-order valence-corrected chi connectivity index (χ4v) is 3.26. The molecule has 1 heterocycles. The molecule has 1 aliphatic carbocycles. The van der Waals surface area contributed by atoms with Gasteiger partial charge in [-0.05, 0) is 42.4 Å². The van der Waals surface area contributed by atoms with Crippen LogP contribution < -0.4 is 10.1 Å². The van der Waals surface area contributed by atoms with Gasteiger partial charge in [-0.25, -0.2) is 0 Å². The van der Waals surface area contributed by atoms with Gasteiger partial charge in [0.25, 0.3) is 0 Å². The van der Waals surface area contributed by atoms with Gasteiger partial charge in [0, 0.05) is 13.1 Å². The number of morpholine rings is 1. The molecule has 2 atom stereocenters. The van der Waals surface area contributed by atoms with Gasteiger partial charge in [-0.3, -0.25) is 0 Å². The topological polar surface area (TPSA) is 50.7 Å². The number of benzene rings is 1. The van der Waals surface area contributed by atoms with E-state index in [1.165, 1.54) is 6.42 Å². The third-order valence-electron chi connectivity index (χ3n) is 4.50. The number of hydrogen-bond acceptors (Lipinski definition) is 4. The largest absolute Gasteiger partial charge is 0.504 e. The van der Waals surface area contributed by atoms with E-state index in [4.69, 9.17) is 9.47 Å². The first kappa shape index (κ1) is 14.7. The zero-order valence-corrected chi connectivity index (χ0v) is 12.9. The second-order valence-electron chi connectivity index (χ2n) is 6.94. The Labute approximate surface area is 126 Å². The lowest BCUT2D eigenvalue weighted by molar-refractivity contribution is 0.0274. The Bertz CT molecular complexity index is 495. The van der Waals surface area contributed by atoms with Gasteiger partial charge in [0.2, 0.25) is 0 Å². The van der Waals surface area contributed by atoms with E-state index in [1.54, 1.807) is 6.07 Å². The van der Waals surface area contributed by atoms with Crippen molar-refractivity contribution in [2.45, 2.75) is 45.3 Å². The lowest BCUT2D eigenvalue weighted by Gasteiger charge is -2.25. The minimum Gasteiger partial charge on any atom is -0.504 e. The number of aromatic hydroxyl groups is 1. The molecule has 0 radical (unpaired) electrons. The van der Waals surface area contributed by atoms with Gasteiger partial charge >= 0.3 is 0 Å². The van der Waals surface area contributed by atoms with Crippen molar-refractivity contribution in [3.63, 3.8) is 0 Å². The molecule has 0 spiro atoms. The number of ether oxygens (including phenoxy) is 2. The van der Waals surface area contributed by atoms with E-state index in [2.05, 4.69) is 19.2 Å². The first-order valence-electron chi connectivity index (χ1n) is 7.85. The highest BCUT2D eigenvalue weighted by Crippen LogP contribution is 2.40. The molecule has 21 heavy (non-hydrogen) atoms. The van der Waals surface area contributed by atoms with Gasteiger partial charge in [-0.15, -0.1) is 0 Å².